The van der Waals surface area contributed by atoms with Crippen molar-refractivity contribution >= 4 is 5.69 Å². The zero-order chi connectivity index (χ0) is 14.2. The molecule has 108 valence electrons. The molecule has 0 saturated carbocycles. The Kier molecular flexibility index (Phi) is 3.19. The first-order valence-electron chi connectivity index (χ1n) is 7.88. The highest BCUT2D eigenvalue weighted by Gasteiger charge is 2.38. The summed E-state index contributed by atoms with van der Waals surface area (Å²) in [6.07, 6.45) is 0. The molecule has 0 N–H and O–H groups in total. The molecule has 2 aliphatic rings. The zero-order valence-corrected chi connectivity index (χ0v) is 12.6. The molecule has 2 aromatic rings. The highest BCUT2D eigenvalue weighted by molar-refractivity contribution is 5.66. The molecule has 0 amide bonds. The summed E-state index contributed by atoms with van der Waals surface area (Å²) in [5.74, 6) is 1.73. The summed E-state index contributed by atoms with van der Waals surface area (Å²) in [5.41, 5.74) is 3.98. The van der Waals surface area contributed by atoms with Crippen LogP contribution in [-0.2, 0) is 0 Å². The number of anilines is 1. The molecule has 0 aliphatic carbocycles. The van der Waals surface area contributed by atoms with Crippen LogP contribution in [-0.4, -0.2) is 38.1 Å². The van der Waals surface area contributed by atoms with Gasteiger partial charge in [-0.05, 0) is 42.1 Å². The van der Waals surface area contributed by atoms with E-state index in [2.05, 4.69) is 71.4 Å². The SMILES string of the molecule is CN1C[C@@H]2CN(c3ccc(-c4ccccc4)cc3)C[C@@H]2C1. The molecular weight excluding hydrogens is 256 g/mol. The minimum absolute atomic E-state index is 0.865. The van der Waals surface area contributed by atoms with E-state index < -0.39 is 0 Å². The number of benzene rings is 2. The molecule has 2 heteroatoms. The molecule has 2 fully saturated rings. The Morgan fingerprint density at radius 1 is 0.714 bits per heavy atom. The van der Waals surface area contributed by atoms with Gasteiger partial charge >= 0.3 is 0 Å². The van der Waals surface area contributed by atoms with Crippen LogP contribution < -0.4 is 4.90 Å². The van der Waals surface area contributed by atoms with Crippen LogP contribution in [0.3, 0.4) is 0 Å². The smallest absolute Gasteiger partial charge is 0.0366 e. The molecule has 0 aromatic heterocycles. The van der Waals surface area contributed by atoms with Crippen LogP contribution in [0.2, 0.25) is 0 Å². The van der Waals surface area contributed by atoms with Gasteiger partial charge in [0, 0.05) is 31.9 Å². The first-order chi connectivity index (χ1) is 10.3. The largest absolute Gasteiger partial charge is 0.371 e. The lowest BCUT2D eigenvalue weighted by molar-refractivity contribution is 0.387. The van der Waals surface area contributed by atoms with E-state index >= 15 is 0 Å². The van der Waals surface area contributed by atoms with E-state index in [0.717, 1.165) is 11.8 Å². The Labute approximate surface area is 127 Å². The van der Waals surface area contributed by atoms with E-state index in [9.17, 15) is 0 Å². The Balaban J connectivity index is 1.50. The highest BCUT2D eigenvalue weighted by atomic mass is 15.2. The number of rotatable bonds is 2. The van der Waals surface area contributed by atoms with Gasteiger partial charge in [-0.25, -0.2) is 0 Å². The molecular formula is C19H22N2. The average Bonchev–Trinajstić information content (AvgIpc) is 3.06. The number of fused-ring (bicyclic) bond motifs is 1. The van der Waals surface area contributed by atoms with Crippen molar-refractivity contribution in [3.63, 3.8) is 0 Å². The summed E-state index contributed by atoms with van der Waals surface area (Å²) < 4.78 is 0. The molecule has 0 radical (unpaired) electrons. The molecule has 2 aliphatic heterocycles. The second kappa shape index (κ2) is 5.19. The first-order valence-corrected chi connectivity index (χ1v) is 7.88. The molecule has 0 unspecified atom stereocenters. The number of nitrogens with zero attached hydrogens (tertiary/aromatic N) is 2. The second-order valence-corrected chi connectivity index (χ2v) is 6.56. The molecule has 4 rings (SSSR count). The lowest BCUT2D eigenvalue weighted by Crippen LogP contribution is -2.26. The van der Waals surface area contributed by atoms with Crippen molar-refractivity contribution in [2.45, 2.75) is 0 Å². The van der Waals surface area contributed by atoms with Crippen molar-refractivity contribution in [2.75, 3.05) is 38.1 Å². The van der Waals surface area contributed by atoms with Crippen LogP contribution in [0.1, 0.15) is 0 Å². The van der Waals surface area contributed by atoms with Crippen LogP contribution >= 0.6 is 0 Å². The van der Waals surface area contributed by atoms with Gasteiger partial charge in [-0.3, -0.25) is 0 Å². The van der Waals surface area contributed by atoms with Crippen LogP contribution in [0.5, 0.6) is 0 Å². The van der Waals surface area contributed by atoms with Crippen molar-refractivity contribution in [2.24, 2.45) is 11.8 Å². The Bertz CT molecular complexity index is 591. The third-order valence-corrected chi connectivity index (χ3v) is 5.01. The number of hydrogen-bond acceptors (Lipinski definition) is 2. The van der Waals surface area contributed by atoms with E-state index in [1.165, 1.54) is 43.0 Å². The van der Waals surface area contributed by atoms with E-state index in [4.69, 9.17) is 0 Å². The van der Waals surface area contributed by atoms with E-state index in [1.807, 2.05) is 0 Å². The van der Waals surface area contributed by atoms with E-state index in [0.29, 0.717) is 0 Å². The fourth-order valence-corrected chi connectivity index (χ4v) is 3.93. The van der Waals surface area contributed by atoms with Crippen LogP contribution in [0.15, 0.2) is 54.6 Å². The summed E-state index contributed by atoms with van der Waals surface area (Å²) in [6.45, 7) is 4.98. The first kappa shape index (κ1) is 12.9. The predicted molar refractivity (Wildman–Crippen MR) is 88.6 cm³/mol. The van der Waals surface area contributed by atoms with Gasteiger partial charge in [-0.15, -0.1) is 0 Å². The molecule has 0 spiro atoms. The average molecular weight is 278 g/mol. The topological polar surface area (TPSA) is 6.48 Å². The summed E-state index contributed by atoms with van der Waals surface area (Å²) >= 11 is 0. The van der Waals surface area contributed by atoms with Crippen LogP contribution in [0.25, 0.3) is 11.1 Å². The fourth-order valence-electron chi connectivity index (χ4n) is 3.93. The number of likely N-dealkylation sites (tertiary alicyclic amines) is 1. The maximum atomic E-state index is 2.57. The quantitative estimate of drug-likeness (QED) is 0.831. The number of hydrogen-bond donors (Lipinski definition) is 0. The molecule has 2 aromatic carbocycles. The third-order valence-electron chi connectivity index (χ3n) is 5.01. The van der Waals surface area contributed by atoms with Crippen molar-refractivity contribution in [3.8, 4) is 11.1 Å². The van der Waals surface area contributed by atoms with Gasteiger partial charge < -0.3 is 9.80 Å². The Morgan fingerprint density at radius 2 is 1.29 bits per heavy atom. The summed E-state index contributed by atoms with van der Waals surface area (Å²) in [5, 5.41) is 0. The third kappa shape index (κ3) is 2.44. The Morgan fingerprint density at radius 3 is 1.90 bits per heavy atom. The maximum Gasteiger partial charge on any atom is 0.0366 e. The summed E-state index contributed by atoms with van der Waals surface area (Å²) in [6, 6.07) is 19.7. The molecule has 2 nitrogen and oxygen atoms in total. The van der Waals surface area contributed by atoms with E-state index in [-0.39, 0.29) is 0 Å². The fraction of sp³-hybridized carbons (Fsp3) is 0.368. The lowest BCUT2D eigenvalue weighted by Gasteiger charge is -2.21. The van der Waals surface area contributed by atoms with Crippen molar-refractivity contribution in [3.05, 3.63) is 54.6 Å². The van der Waals surface area contributed by atoms with Gasteiger partial charge in [0.15, 0.2) is 0 Å². The molecule has 2 heterocycles. The van der Waals surface area contributed by atoms with Gasteiger partial charge in [0.25, 0.3) is 0 Å². The molecule has 0 bridgehead atoms. The minimum Gasteiger partial charge on any atom is -0.371 e. The van der Waals surface area contributed by atoms with Crippen molar-refractivity contribution < 1.29 is 0 Å². The van der Waals surface area contributed by atoms with Gasteiger partial charge in [0.1, 0.15) is 0 Å². The normalized spacial score (nSPS) is 25.3. The molecule has 21 heavy (non-hydrogen) atoms. The second-order valence-electron chi connectivity index (χ2n) is 6.56. The maximum absolute atomic E-state index is 2.57. The van der Waals surface area contributed by atoms with Gasteiger partial charge in [-0.1, -0.05) is 42.5 Å². The minimum atomic E-state index is 0.865. The van der Waals surface area contributed by atoms with Crippen LogP contribution in [0.4, 0.5) is 5.69 Å². The molecule has 2 atom stereocenters. The van der Waals surface area contributed by atoms with Gasteiger partial charge in [0.2, 0.25) is 0 Å². The van der Waals surface area contributed by atoms with Crippen LogP contribution in [0, 0.1) is 11.8 Å². The van der Waals surface area contributed by atoms with Gasteiger partial charge in [-0.2, -0.15) is 0 Å². The van der Waals surface area contributed by atoms with Crippen molar-refractivity contribution in [1.29, 1.82) is 0 Å². The molecule has 2 saturated heterocycles. The van der Waals surface area contributed by atoms with E-state index in [1.54, 1.807) is 0 Å². The summed E-state index contributed by atoms with van der Waals surface area (Å²) in [4.78, 5) is 5.04. The summed E-state index contributed by atoms with van der Waals surface area (Å²) in [7, 11) is 2.25. The van der Waals surface area contributed by atoms with Gasteiger partial charge in [0.05, 0.1) is 0 Å². The highest BCUT2D eigenvalue weighted by Crippen LogP contribution is 2.34. The van der Waals surface area contributed by atoms with Crippen molar-refractivity contribution in [1.82, 2.24) is 4.90 Å². The monoisotopic (exact) mass is 278 g/mol. The predicted octanol–water partition coefficient (Wildman–Crippen LogP) is 3.35. The lowest BCUT2D eigenvalue weighted by atomic mass is 10.0. The standard InChI is InChI=1S/C19H22N2/c1-20-11-17-13-21(14-18(17)12-20)19-9-7-16(8-10-19)15-5-3-2-4-6-15/h2-10,17-18H,11-14H2,1H3/t17-,18+. The Hall–Kier alpha value is -1.80. The zero-order valence-electron chi connectivity index (χ0n) is 12.6.